The third kappa shape index (κ3) is 3.60. The Kier molecular flexibility index (Phi) is 4.92. The number of nitrogens with zero attached hydrogens (tertiary/aromatic N) is 1. The summed E-state index contributed by atoms with van der Waals surface area (Å²) in [6, 6.07) is 1.08. The lowest BCUT2D eigenvalue weighted by atomic mass is 9.96. The lowest BCUT2D eigenvalue weighted by molar-refractivity contribution is -0.120. The van der Waals surface area contributed by atoms with E-state index in [4.69, 9.17) is 26.9 Å². The molecule has 0 bridgehead atoms. The number of carboxylic acids is 1. The number of hydrogen-bond donors (Lipinski definition) is 3. The molecule has 0 aliphatic rings. The Hall–Kier alpha value is -2.73. The smallest absolute Gasteiger partial charge is 0.357 e. The molecule has 1 amide bonds. The molecule has 1 heterocycles. The molecule has 9 nitrogen and oxygen atoms in total. The standard InChI is InChI=1S/C13H10ClF2N3O6S/c1-26(23,24)19-9-6(15)2-5(3-7(9)16)13(14,11(17)22)12-18-8(4-25-12)10(20)21/h2-4,19H,1H3,(H2,17,22)(H,20,21). The number of primary amides is 1. The van der Waals surface area contributed by atoms with E-state index in [-0.39, 0.29) is 0 Å². The maximum Gasteiger partial charge on any atom is 0.357 e. The molecule has 0 aliphatic heterocycles. The number of sulfonamides is 1. The lowest BCUT2D eigenvalue weighted by Gasteiger charge is -2.21. The van der Waals surface area contributed by atoms with Gasteiger partial charge in [-0.2, -0.15) is 0 Å². The summed E-state index contributed by atoms with van der Waals surface area (Å²) >= 11 is 6.08. The number of amides is 1. The van der Waals surface area contributed by atoms with Crippen LogP contribution in [0.3, 0.4) is 0 Å². The molecule has 1 atom stereocenters. The second-order valence-electron chi connectivity index (χ2n) is 5.05. The van der Waals surface area contributed by atoms with Gasteiger partial charge in [0.25, 0.3) is 5.91 Å². The molecule has 26 heavy (non-hydrogen) atoms. The molecule has 4 N–H and O–H groups in total. The third-order valence-corrected chi connectivity index (χ3v) is 4.23. The minimum atomic E-state index is -4.00. The van der Waals surface area contributed by atoms with E-state index in [1.165, 1.54) is 0 Å². The number of nitrogens with two attached hydrogens (primary N) is 1. The van der Waals surface area contributed by atoms with Crippen LogP contribution in [0.2, 0.25) is 0 Å². The number of benzene rings is 1. The van der Waals surface area contributed by atoms with E-state index in [1.807, 2.05) is 0 Å². The van der Waals surface area contributed by atoms with Gasteiger partial charge in [0, 0.05) is 0 Å². The van der Waals surface area contributed by atoms with Crippen LogP contribution in [-0.4, -0.2) is 36.6 Å². The van der Waals surface area contributed by atoms with Crippen molar-refractivity contribution in [1.82, 2.24) is 4.98 Å². The summed E-state index contributed by atoms with van der Waals surface area (Å²) in [7, 11) is -4.00. The van der Waals surface area contributed by atoms with Crippen LogP contribution in [0.5, 0.6) is 0 Å². The molecule has 2 aromatic rings. The van der Waals surface area contributed by atoms with Gasteiger partial charge in [-0.1, -0.05) is 11.6 Å². The zero-order chi connectivity index (χ0) is 19.9. The molecule has 0 fully saturated rings. The average Bonchev–Trinajstić information content (AvgIpc) is 2.99. The highest BCUT2D eigenvalue weighted by molar-refractivity contribution is 7.92. The van der Waals surface area contributed by atoms with Gasteiger partial charge in [-0.25, -0.2) is 27.0 Å². The van der Waals surface area contributed by atoms with E-state index in [2.05, 4.69) is 4.98 Å². The largest absolute Gasteiger partial charge is 0.476 e. The first-order chi connectivity index (χ1) is 11.9. The van der Waals surface area contributed by atoms with Crippen LogP contribution in [0.15, 0.2) is 22.8 Å². The van der Waals surface area contributed by atoms with Crippen LogP contribution in [0, 0.1) is 11.6 Å². The Morgan fingerprint density at radius 3 is 2.27 bits per heavy atom. The van der Waals surface area contributed by atoms with Gasteiger partial charge in [-0.15, -0.1) is 0 Å². The van der Waals surface area contributed by atoms with Crippen LogP contribution in [0.4, 0.5) is 14.5 Å². The Morgan fingerprint density at radius 1 is 1.35 bits per heavy atom. The predicted molar refractivity (Wildman–Crippen MR) is 84.1 cm³/mol. The SMILES string of the molecule is CS(=O)(=O)Nc1c(F)cc(C(Cl)(C(N)=O)c2nc(C(=O)O)co2)cc1F. The van der Waals surface area contributed by atoms with Crippen molar-refractivity contribution >= 4 is 39.2 Å². The zero-order valence-corrected chi connectivity index (χ0v) is 14.4. The van der Waals surface area contributed by atoms with E-state index in [1.54, 1.807) is 4.72 Å². The van der Waals surface area contributed by atoms with Gasteiger partial charge in [0.05, 0.1) is 6.26 Å². The van der Waals surface area contributed by atoms with E-state index >= 15 is 0 Å². The fraction of sp³-hybridized carbons (Fsp3) is 0.154. The summed E-state index contributed by atoms with van der Waals surface area (Å²) in [6.45, 7) is 0. The molecule has 1 unspecified atom stereocenters. The van der Waals surface area contributed by atoms with Crippen LogP contribution in [0.25, 0.3) is 0 Å². The van der Waals surface area contributed by atoms with Gasteiger partial charge in [0.1, 0.15) is 12.0 Å². The molecule has 0 spiro atoms. The quantitative estimate of drug-likeness (QED) is 0.601. The average molecular weight is 410 g/mol. The minimum Gasteiger partial charge on any atom is -0.476 e. The summed E-state index contributed by atoms with van der Waals surface area (Å²) in [5, 5.41) is 8.84. The second kappa shape index (κ2) is 6.53. The highest BCUT2D eigenvalue weighted by Crippen LogP contribution is 2.38. The fourth-order valence-electron chi connectivity index (χ4n) is 1.96. The number of alkyl halides is 1. The Balaban J connectivity index is 2.64. The summed E-state index contributed by atoms with van der Waals surface area (Å²) < 4.78 is 57.1. The van der Waals surface area contributed by atoms with Crippen molar-refractivity contribution in [2.45, 2.75) is 4.87 Å². The van der Waals surface area contributed by atoms with E-state index < -0.39 is 61.2 Å². The van der Waals surface area contributed by atoms with Crippen molar-refractivity contribution < 1.29 is 36.3 Å². The third-order valence-electron chi connectivity index (χ3n) is 3.08. The maximum atomic E-state index is 14.2. The first kappa shape index (κ1) is 19.6. The van der Waals surface area contributed by atoms with Gasteiger partial charge in [-0.3, -0.25) is 9.52 Å². The van der Waals surface area contributed by atoms with Crippen LogP contribution < -0.4 is 10.5 Å². The van der Waals surface area contributed by atoms with Gasteiger partial charge in [0.15, 0.2) is 17.3 Å². The number of carbonyl (C=O) groups is 2. The van der Waals surface area contributed by atoms with Crippen molar-refractivity contribution in [3.05, 3.63) is 47.2 Å². The molecule has 13 heteroatoms. The number of oxazole rings is 1. The molecule has 0 radical (unpaired) electrons. The first-order valence-electron chi connectivity index (χ1n) is 6.51. The molecule has 0 saturated carbocycles. The number of carbonyl (C=O) groups excluding carboxylic acids is 1. The van der Waals surface area contributed by atoms with Gasteiger partial charge >= 0.3 is 5.97 Å². The number of aromatic nitrogens is 1. The van der Waals surface area contributed by atoms with E-state index in [9.17, 15) is 26.8 Å². The van der Waals surface area contributed by atoms with Crippen molar-refractivity contribution in [2.75, 3.05) is 11.0 Å². The van der Waals surface area contributed by atoms with Gasteiger partial charge < -0.3 is 15.3 Å². The lowest BCUT2D eigenvalue weighted by Crippen LogP contribution is -2.38. The molecular formula is C13H10ClF2N3O6S. The molecule has 0 saturated heterocycles. The molecular weight excluding hydrogens is 400 g/mol. The van der Waals surface area contributed by atoms with Gasteiger partial charge in [-0.05, 0) is 17.7 Å². The van der Waals surface area contributed by atoms with Gasteiger partial charge in [0.2, 0.25) is 20.8 Å². The van der Waals surface area contributed by atoms with Crippen molar-refractivity contribution in [3.63, 3.8) is 0 Å². The summed E-state index contributed by atoms with van der Waals surface area (Å²) in [5.41, 5.74) is 2.98. The number of carboxylic acid groups (broad SMARTS) is 1. The van der Waals surface area contributed by atoms with E-state index in [0.717, 1.165) is 0 Å². The fourth-order valence-corrected chi connectivity index (χ4v) is 2.72. The van der Waals surface area contributed by atoms with Crippen LogP contribution in [0.1, 0.15) is 21.9 Å². The monoisotopic (exact) mass is 409 g/mol. The number of nitrogens with one attached hydrogen (secondary N) is 1. The first-order valence-corrected chi connectivity index (χ1v) is 8.78. The summed E-state index contributed by atoms with van der Waals surface area (Å²) in [5.74, 6) is -6.40. The van der Waals surface area contributed by atoms with Crippen LogP contribution >= 0.6 is 11.6 Å². The summed E-state index contributed by atoms with van der Waals surface area (Å²) in [4.78, 5) is 23.6. The zero-order valence-electron chi connectivity index (χ0n) is 12.8. The number of halogens is 3. The van der Waals surface area contributed by atoms with E-state index in [0.29, 0.717) is 24.7 Å². The number of aromatic carboxylic acids is 1. The highest BCUT2D eigenvalue weighted by atomic mass is 35.5. The number of hydrogen-bond acceptors (Lipinski definition) is 6. The summed E-state index contributed by atoms with van der Waals surface area (Å²) in [6.07, 6.45) is 1.33. The minimum absolute atomic E-state index is 0.541. The molecule has 2 rings (SSSR count). The normalized spacial score (nSPS) is 13.8. The Bertz CT molecular complexity index is 986. The maximum absolute atomic E-state index is 14.2. The second-order valence-corrected chi connectivity index (χ2v) is 7.37. The van der Waals surface area contributed by atoms with Crippen molar-refractivity contribution in [2.24, 2.45) is 5.73 Å². The predicted octanol–water partition coefficient (Wildman–Crippen LogP) is 0.990. The highest BCUT2D eigenvalue weighted by Gasteiger charge is 2.45. The Morgan fingerprint density at radius 2 is 1.88 bits per heavy atom. The van der Waals surface area contributed by atoms with Crippen molar-refractivity contribution in [1.29, 1.82) is 0 Å². The molecule has 1 aromatic heterocycles. The number of rotatable bonds is 6. The number of anilines is 1. The molecule has 0 aliphatic carbocycles. The topological polar surface area (TPSA) is 153 Å². The molecule has 1 aromatic carbocycles. The van der Waals surface area contributed by atoms with Crippen molar-refractivity contribution in [3.8, 4) is 0 Å². The molecule has 140 valence electrons. The van der Waals surface area contributed by atoms with Crippen LogP contribution in [-0.2, 0) is 19.7 Å². The Labute approximate surface area is 149 Å².